The summed E-state index contributed by atoms with van der Waals surface area (Å²) < 4.78 is 15.1. The highest BCUT2D eigenvalue weighted by atomic mass is 19.1. The molecule has 5 heteroatoms. The number of nitrogens with zero attached hydrogens (tertiary/aromatic N) is 2. The van der Waals surface area contributed by atoms with Crippen LogP contribution in [-0.2, 0) is 19.0 Å². The van der Waals surface area contributed by atoms with E-state index in [-0.39, 0.29) is 11.7 Å². The summed E-state index contributed by atoms with van der Waals surface area (Å²) in [6, 6.07) is 8.32. The van der Waals surface area contributed by atoms with Gasteiger partial charge in [-0.15, -0.1) is 0 Å². The van der Waals surface area contributed by atoms with Crippen LogP contribution in [0.2, 0.25) is 0 Å². The van der Waals surface area contributed by atoms with E-state index < -0.39 is 5.54 Å². The molecule has 0 aliphatic heterocycles. The molecule has 1 heterocycles. The van der Waals surface area contributed by atoms with Crippen molar-refractivity contribution in [2.45, 2.75) is 38.1 Å². The fourth-order valence-electron chi connectivity index (χ4n) is 3.00. The van der Waals surface area contributed by atoms with Gasteiger partial charge in [0.25, 0.3) is 5.91 Å². The molecule has 1 saturated carbocycles. The number of carbonyl (C=O) groups excluding carboxylic acids is 1. The average molecular weight is 301 g/mol. The first-order valence-electron chi connectivity index (χ1n) is 7.65. The van der Waals surface area contributed by atoms with E-state index in [0.717, 1.165) is 36.9 Å². The Labute approximate surface area is 129 Å². The molecule has 1 fully saturated rings. The molecule has 4 nitrogen and oxygen atoms in total. The van der Waals surface area contributed by atoms with Crippen molar-refractivity contribution in [2.24, 2.45) is 7.05 Å². The molecule has 0 radical (unpaired) electrons. The van der Waals surface area contributed by atoms with Crippen molar-refractivity contribution in [3.05, 3.63) is 53.1 Å². The van der Waals surface area contributed by atoms with Crippen molar-refractivity contribution in [3.63, 3.8) is 0 Å². The van der Waals surface area contributed by atoms with Gasteiger partial charge in [-0.05, 0) is 49.4 Å². The van der Waals surface area contributed by atoms with Crippen LogP contribution >= 0.6 is 0 Å². The van der Waals surface area contributed by atoms with Crippen LogP contribution in [0.4, 0.5) is 4.39 Å². The van der Waals surface area contributed by atoms with E-state index in [1.165, 1.54) is 12.1 Å². The first-order valence-corrected chi connectivity index (χ1v) is 7.65. The monoisotopic (exact) mass is 301 g/mol. The van der Waals surface area contributed by atoms with Crippen molar-refractivity contribution in [2.75, 3.05) is 0 Å². The van der Waals surface area contributed by atoms with E-state index in [1.807, 2.05) is 19.1 Å². The van der Waals surface area contributed by atoms with Crippen molar-refractivity contribution in [1.82, 2.24) is 15.1 Å². The van der Waals surface area contributed by atoms with Gasteiger partial charge < -0.3 is 5.32 Å². The second-order valence-electron chi connectivity index (χ2n) is 5.90. The molecular weight excluding hydrogens is 281 g/mol. The maximum atomic E-state index is 13.5. The van der Waals surface area contributed by atoms with Gasteiger partial charge in [-0.1, -0.05) is 19.1 Å². The summed E-state index contributed by atoms with van der Waals surface area (Å²) in [7, 11) is 1.77. The number of benzene rings is 1. The largest absolute Gasteiger partial charge is 0.341 e. The van der Waals surface area contributed by atoms with Crippen LogP contribution in [0.15, 0.2) is 30.3 Å². The van der Waals surface area contributed by atoms with Crippen LogP contribution in [0.5, 0.6) is 0 Å². The zero-order chi connectivity index (χ0) is 15.7. The molecule has 1 N–H and O–H groups in total. The number of aryl methyl sites for hydroxylation is 2. The molecule has 1 amide bonds. The van der Waals surface area contributed by atoms with E-state index >= 15 is 0 Å². The van der Waals surface area contributed by atoms with Gasteiger partial charge >= 0.3 is 0 Å². The van der Waals surface area contributed by atoms with E-state index in [4.69, 9.17) is 0 Å². The lowest BCUT2D eigenvalue weighted by atomic mass is 9.71. The van der Waals surface area contributed by atoms with Crippen LogP contribution in [-0.4, -0.2) is 15.7 Å². The molecule has 0 spiro atoms. The summed E-state index contributed by atoms with van der Waals surface area (Å²) in [6.45, 7) is 2.00. The third-order valence-corrected chi connectivity index (χ3v) is 4.46. The van der Waals surface area contributed by atoms with E-state index in [1.54, 1.807) is 17.8 Å². The highest BCUT2D eigenvalue weighted by Gasteiger charge is 2.40. The number of hydrogen-bond acceptors (Lipinski definition) is 2. The average Bonchev–Trinajstić information content (AvgIpc) is 2.84. The molecule has 1 aliphatic rings. The molecule has 0 unspecified atom stereocenters. The van der Waals surface area contributed by atoms with E-state index in [0.29, 0.717) is 5.69 Å². The minimum Gasteiger partial charge on any atom is -0.341 e. The molecule has 1 aromatic carbocycles. The topological polar surface area (TPSA) is 46.9 Å². The summed E-state index contributed by atoms with van der Waals surface area (Å²) in [5.41, 5.74) is 1.82. The fraction of sp³-hybridized carbons (Fsp3) is 0.412. The Balaban J connectivity index is 1.86. The number of carbonyl (C=O) groups is 1. The molecule has 2 aromatic rings. The van der Waals surface area contributed by atoms with Gasteiger partial charge in [0.2, 0.25) is 0 Å². The first kappa shape index (κ1) is 14.8. The predicted molar refractivity (Wildman–Crippen MR) is 82.0 cm³/mol. The van der Waals surface area contributed by atoms with Crippen molar-refractivity contribution in [3.8, 4) is 0 Å². The Morgan fingerprint density at radius 2 is 2.18 bits per heavy atom. The zero-order valence-electron chi connectivity index (χ0n) is 12.9. The molecule has 116 valence electrons. The third-order valence-electron chi connectivity index (χ3n) is 4.46. The number of halogens is 1. The number of hydrogen-bond donors (Lipinski definition) is 1. The lowest BCUT2D eigenvalue weighted by Gasteiger charge is -2.43. The molecule has 0 atom stereocenters. The number of amides is 1. The standard InChI is InChI=1S/C17H20FN3O/c1-3-14-11-15(21(2)20-14)16(22)19-17(8-5-9-17)12-6-4-7-13(18)10-12/h4,6-7,10-11H,3,5,8-9H2,1-2H3,(H,19,22). The van der Waals surface area contributed by atoms with E-state index in [2.05, 4.69) is 10.4 Å². The normalized spacial score (nSPS) is 16.1. The van der Waals surface area contributed by atoms with Crippen molar-refractivity contribution < 1.29 is 9.18 Å². The molecule has 22 heavy (non-hydrogen) atoms. The van der Waals surface area contributed by atoms with Crippen molar-refractivity contribution >= 4 is 5.91 Å². The van der Waals surface area contributed by atoms with Gasteiger partial charge in [-0.25, -0.2) is 4.39 Å². The number of aromatic nitrogens is 2. The molecule has 1 aromatic heterocycles. The molecule has 1 aliphatic carbocycles. The van der Waals surface area contributed by atoms with E-state index in [9.17, 15) is 9.18 Å². The van der Waals surface area contributed by atoms with Gasteiger partial charge in [0.15, 0.2) is 0 Å². The summed E-state index contributed by atoms with van der Waals surface area (Å²) in [6.07, 6.45) is 3.49. The molecule has 0 saturated heterocycles. The Kier molecular flexibility index (Phi) is 3.72. The molecule has 0 bridgehead atoms. The van der Waals surface area contributed by atoms with Crippen LogP contribution in [0.25, 0.3) is 0 Å². The minimum absolute atomic E-state index is 0.154. The number of rotatable bonds is 4. The lowest BCUT2D eigenvalue weighted by Crippen LogP contribution is -2.51. The van der Waals surface area contributed by atoms with Crippen molar-refractivity contribution in [1.29, 1.82) is 0 Å². The Bertz CT molecular complexity index is 704. The van der Waals surface area contributed by atoms with Gasteiger partial charge in [0.05, 0.1) is 11.2 Å². The first-order chi connectivity index (χ1) is 10.5. The summed E-state index contributed by atoms with van der Waals surface area (Å²) in [5.74, 6) is -0.425. The number of nitrogens with one attached hydrogen (secondary N) is 1. The summed E-state index contributed by atoms with van der Waals surface area (Å²) in [4.78, 5) is 12.6. The van der Waals surface area contributed by atoms with Gasteiger partial charge in [-0.2, -0.15) is 5.10 Å². The highest BCUT2D eigenvalue weighted by molar-refractivity contribution is 5.93. The maximum Gasteiger partial charge on any atom is 0.270 e. The van der Waals surface area contributed by atoms with Crippen LogP contribution < -0.4 is 5.32 Å². The van der Waals surface area contributed by atoms with Crippen LogP contribution in [0, 0.1) is 5.82 Å². The lowest BCUT2D eigenvalue weighted by molar-refractivity contribution is 0.0813. The molecular formula is C17H20FN3O. The Morgan fingerprint density at radius 1 is 1.41 bits per heavy atom. The third kappa shape index (κ3) is 2.51. The SMILES string of the molecule is CCc1cc(C(=O)NC2(c3cccc(F)c3)CCC2)n(C)n1. The predicted octanol–water partition coefficient (Wildman–Crippen LogP) is 2.93. The zero-order valence-corrected chi connectivity index (χ0v) is 12.9. The van der Waals surface area contributed by atoms with Gasteiger partial charge in [0.1, 0.15) is 11.5 Å². The quantitative estimate of drug-likeness (QED) is 0.944. The highest BCUT2D eigenvalue weighted by Crippen LogP contribution is 2.41. The smallest absolute Gasteiger partial charge is 0.270 e. The minimum atomic E-state index is -0.449. The second kappa shape index (κ2) is 5.55. The Morgan fingerprint density at radius 3 is 2.73 bits per heavy atom. The Hall–Kier alpha value is -2.17. The van der Waals surface area contributed by atoms with Gasteiger partial charge in [-0.3, -0.25) is 9.48 Å². The van der Waals surface area contributed by atoms with Crippen LogP contribution in [0.3, 0.4) is 0 Å². The van der Waals surface area contributed by atoms with Gasteiger partial charge in [0, 0.05) is 7.05 Å². The molecule has 3 rings (SSSR count). The fourth-order valence-corrected chi connectivity index (χ4v) is 3.00. The van der Waals surface area contributed by atoms with Crippen LogP contribution in [0.1, 0.15) is 47.9 Å². The summed E-state index contributed by atoms with van der Waals surface area (Å²) >= 11 is 0. The second-order valence-corrected chi connectivity index (χ2v) is 5.90. The maximum absolute atomic E-state index is 13.5. The summed E-state index contributed by atoms with van der Waals surface area (Å²) in [5, 5.41) is 7.41.